The van der Waals surface area contributed by atoms with Crippen molar-refractivity contribution in [3.63, 3.8) is 0 Å². The van der Waals surface area contributed by atoms with Crippen molar-refractivity contribution in [3.05, 3.63) is 0 Å². The molecule has 0 spiro atoms. The topological polar surface area (TPSA) is 35.7 Å². The van der Waals surface area contributed by atoms with Crippen LogP contribution in [0.4, 0.5) is 0 Å². The second-order valence-corrected chi connectivity index (χ2v) is 6.38. The third kappa shape index (κ3) is 4.42. The molecule has 2 N–H and O–H groups in total. The molecule has 0 aromatic rings. The molecular formula is C15H32N4. The highest BCUT2D eigenvalue weighted by molar-refractivity contribution is 4.79. The van der Waals surface area contributed by atoms with Crippen LogP contribution in [0.1, 0.15) is 32.6 Å². The predicted molar refractivity (Wildman–Crippen MR) is 81.4 cm³/mol. The highest BCUT2D eigenvalue weighted by atomic mass is 15.3. The Bertz CT molecular complexity index is 251. The number of nitrogens with two attached hydrogens (primary N) is 1. The first kappa shape index (κ1) is 15.2. The highest BCUT2D eigenvalue weighted by Gasteiger charge is 2.23. The minimum Gasteiger partial charge on any atom is -0.329 e. The van der Waals surface area contributed by atoms with E-state index in [9.17, 15) is 0 Å². The Kier molecular flexibility index (Phi) is 6.07. The lowest BCUT2D eigenvalue weighted by Crippen LogP contribution is -2.52. The van der Waals surface area contributed by atoms with E-state index in [1.165, 1.54) is 65.0 Å². The maximum absolute atomic E-state index is 5.75. The van der Waals surface area contributed by atoms with Crippen molar-refractivity contribution in [1.82, 2.24) is 14.7 Å². The van der Waals surface area contributed by atoms with E-state index in [-0.39, 0.29) is 0 Å². The van der Waals surface area contributed by atoms with Crippen molar-refractivity contribution >= 4 is 0 Å². The Balaban J connectivity index is 1.65. The average Bonchev–Trinajstić information content (AvgIpc) is 2.46. The number of likely N-dealkylation sites (tertiary alicyclic amines) is 1. The molecule has 112 valence electrons. The number of nitrogens with zero attached hydrogens (tertiary/aromatic N) is 3. The van der Waals surface area contributed by atoms with Crippen molar-refractivity contribution < 1.29 is 0 Å². The Morgan fingerprint density at radius 1 is 1.11 bits per heavy atom. The summed E-state index contributed by atoms with van der Waals surface area (Å²) in [4.78, 5) is 7.74. The van der Waals surface area contributed by atoms with Gasteiger partial charge in [-0.2, -0.15) is 0 Å². The van der Waals surface area contributed by atoms with E-state index in [2.05, 4.69) is 28.7 Å². The number of piperazine rings is 1. The molecule has 2 rings (SSSR count). The lowest BCUT2D eigenvalue weighted by molar-refractivity contribution is 0.0910. The van der Waals surface area contributed by atoms with Crippen LogP contribution in [0.2, 0.25) is 0 Å². The Hall–Kier alpha value is -0.160. The van der Waals surface area contributed by atoms with Gasteiger partial charge in [-0.25, -0.2) is 0 Å². The summed E-state index contributed by atoms with van der Waals surface area (Å²) >= 11 is 0. The number of hydrogen-bond acceptors (Lipinski definition) is 4. The Morgan fingerprint density at radius 2 is 1.84 bits per heavy atom. The number of piperidine rings is 1. The van der Waals surface area contributed by atoms with Gasteiger partial charge in [-0.1, -0.05) is 6.42 Å². The average molecular weight is 268 g/mol. The molecule has 0 aliphatic carbocycles. The molecule has 2 aliphatic heterocycles. The van der Waals surface area contributed by atoms with Crippen molar-refractivity contribution in [1.29, 1.82) is 0 Å². The van der Waals surface area contributed by atoms with Crippen LogP contribution in [0, 0.1) is 0 Å². The molecule has 2 atom stereocenters. The van der Waals surface area contributed by atoms with E-state index in [0.717, 1.165) is 12.6 Å². The van der Waals surface area contributed by atoms with E-state index in [0.29, 0.717) is 6.04 Å². The SMILES string of the molecule is CC(CN)N1CCN(CCC2CCCCN2C)CC1. The first-order valence-corrected chi connectivity index (χ1v) is 8.07. The zero-order valence-corrected chi connectivity index (χ0v) is 12.9. The fraction of sp³-hybridized carbons (Fsp3) is 1.00. The summed E-state index contributed by atoms with van der Waals surface area (Å²) in [6, 6.07) is 1.38. The second kappa shape index (κ2) is 7.58. The first-order chi connectivity index (χ1) is 9.20. The lowest BCUT2D eigenvalue weighted by atomic mass is 10.00. The third-order valence-electron chi connectivity index (χ3n) is 5.07. The zero-order chi connectivity index (χ0) is 13.7. The molecule has 4 heteroatoms. The Morgan fingerprint density at radius 3 is 2.47 bits per heavy atom. The van der Waals surface area contributed by atoms with Crippen LogP contribution in [0.15, 0.2) is 0 Å². The molecular weight excluding hydrogens is 236 g/mol. The summed E-state index contributed by atoms with van der Waals surface area (Å²) in [5.74, 6) is 0. The summed E-state index contributed by atoms with van der Waals surface area (Å²) in [5, 5.41) is 0. The molecule has 0 aromatic carbocycles. The van der Waals surface area contributed by atoms with Crippen molar-refractivity contribution in [2.24, 2.45) is 5.73 Å². The molecule has 0 saturated carbocycles. The van der Waals surface area contributed by atoms with Gasteiger partial charge in [0, 0.05) is 44.8 Å². The second-order valence-electron chi connectivity index (χ2n) is 6.38. The van der Waals surface area contributed by atoms with Gasteiger partial charge in [-0.05, 0) is 46.3 Å². The number of rotatable bonds is 5. The molecule has 2 fully saturated rings. The largest absolute Gasteiger partial charge is 0.329 e. The lowest BCUT2D eigenvalue weighted by Gasteiger charge is -2.39. The van der Waals surface area contributed by atoms with E-state index in [1.807, 2.05) is 0 Å². The van der Waals surface area contributed by atoms with Crippen LogP contribution in [0.5, 0.6) is 0 Å². The van der Waals surface area contributed by atoms with Gasteiger partial charge in [-0.15, -0.1) is 0 Å². The van der Waals surface area contributed by atoms with Crippen molar-refractivity contribution in [3.8, 4) is 0 Å². The maximum Gasteiger partial charge on any atom is 0.0191 e. The minimum atomic E-state index is 0.548. The maximum atomic E-state index is 5.75. The summed E-state index contributed by atoms with van der Waals surface area (Å²) in [6.07, 6.45) is 5.57. The van der Waals surface area contributed by atoms with E-state index >= 15 is 0 Å². The number of hydrogen-bond donors (Lipinski definition) is 1. The van der Waals surface area contributed by atoms with Crippen LogP contribution in [0.25, 0.3) is 0 Å². The van der Waals surface area contributed by atoms with E-state index in [1.54, 1.807) is 0 Å². The predicted octanol–water partition coefficient (Wildman–Crippen LogP) is 0.826. The molecule has 19 heavy (non-hydrogen) atoms. The third-order valence-corrected chi connectivity index (χ3v) is 5.07. The monoisotopic (exact) mass is 268 g/mol. The first-order valence-electron chi connectivity index (χ1n) is 8.07. The normalized spacial score (nSPS) is 29.5. The highest BCUT2D eigenvalue weighted by Crippen LogP contribution is 2.18. The van der Waals surface area contributed by atoms with Gasteiger partial charge in [0.2, 0.25) is 0 Å². The van der Waals surface area contributed by atoms with Crippen LogP contribution >= 0.6 is 0 Å². The van der Waals surface area contributed by atoms with Gasteiger partial charge in [-0.3, -0.25) is 4.90 Å². The minimum absolute atomic E-state index is 0.548. The molecule has 2 saturated heterocycles. The van der Waals surface area contributed by atoms with Crippen molar-refractivity contribution in [2.75, 3.05) is 52.9 Å². The van der Waals surface area contributed by atoms with Gasteiger partial charge in [0.05, 0.1) is 0 Å². The molecule has 0 radical (unpaired) electrons. The summed E-state index contributed by atoms with van der Waals surface area (Å²) in [5.41, 5.74) is 5.75. The van der Waals surface area contributed by atoms with Crippen LogP contribution in [-0.2, 0) is 0 Å². The summed E-state index contributed by atoms with van der Waals surface area (Å²) in [7, 11) is 2.30. The van der Waals surface area contributed by atoms with Gasteiger partial charge >= 0.3 is 0 Å². The van der Waals surface area contributed by atoms with Crippen LogP contribution < -0.4 is 5.73 Å². The summed E-state index contributed by atoms with van der Waals surface area (Å²) in [6.45, 7) is 10.4. The van der Waals surface area contributed by atoms with E-state index < -0.39 is 0 Å². The Labute approximate surface area is 118 Å². The van der Waals surface area contributed by atoms with Crippen LogP contribution in [0.3, 0.4) is 0 Å². The van der Waals surface area contributed by atoms with Gasteiger partial charge < -0.3 is 15.5 Å². The molecule has 4 nitrogen and oxygen atoms in total. The molecule has 2 heterocycles. The fourth-order valence-corrected chi connectivity index (χ4v) is 3.42. The standard InChI is InChI=1S/C15H32N4/c1-14(13-16)19-11-9-18(10-12-19)8-6-15-5-3-4-7-17(15)2/h14-15H,3-13,16H2,1-2H3. The van der Waals surface area contributed by atoms with E-state index in [4.69, 9.17) is 5.73 Å². The van der Waals surface area contributed by atoms with Gasteiger partial charge in [0.1, 0.15) is 0 Å². The molecule has 0 amide bonds. The molecule has 0 aromatic heterocycles. The fourth-order valence-electron chi connectivity index (χ4n) is 3.42. The molecule has 2 aliphatic rings. The van der Waals surface area contributed by atoms with Gasteiger partial charge in [0.25, 0.3) is 0 Å². The quantitative estimate of drug-likeness (QED) is 0.801. The van der Waals surface area contributed by atoms with Crippen LogP contribution in [-0.4, -0.2) is 79.6 Å². The van der Waals surface area contributed by atoms with Crippen molar-refractivity contribution in [2.45, 2.75) is 44.7 Å². The molecule has 0 bridgehead atoms. The van der Waals surface area contributed by atoms with Gasteiger partial charge in [0.15, 0.2) is 0 Å². The molecule has 2 unspecified atom stereocenters. The smallest absolute Gasteiger partial charge is 0.0191 e. The zero-order valence-electron chi connectivity index (χ0n) is 12.9. The summed E-state index contributed by atoms with van der Waals surface area (Å²) < 4.78 is 0.